The Bertz CT molecular complexity index is 626. The largest absolute Gasteiger partial charge is 0.338 e. The van der Waals surface area contributed by atoms with E-state index in [9.17, 15) is 4.79 Å². The highest BCUT2D eigenvalue weighted by molar-refractivity contribution is 5.94. The van der Waals surface area contributed by atoms with Crippen LogP contribution in [0.2, 0.25) is 0 Å². The lowest BCUT2D eigenvalue weighted by molar-refractivity contribution is 0.0623. The van der Waals surface area contributed by atoms with Crippen molar-refractivity contribution in [2.45, 2.75) is 26.8 Å². The highest BCUT2D eigenvalue weighted by Crippen LogP contribution is 2.22. The first-order valence-corrected chi connectivity index (χ1v) is 7.97. The van der Waals surface area contributed by atoms with Crippen LogP contribution in [0.15, 0.2) is 42.7 Å². The molecule has 3 rings (SSSR count). The summed E-state index contributed by atoms with van der Waals surface area (Å²) in [7, 11) is 0. The van der Waals surface area contributed by atoms with Crippen molar-refractivity contribution in [3.05, 3.63) is 53.9 Å². The molecule has 0 unspecified atom stereocenters. The van der Waals surface area contributed by atoms with Crippen LogP contribution >= 0.6 is 0 Å². The van der Waals surface area contributed by atoms with Gasteiger partial charge < -0.3 is 4.90 Å². The molecule has 0 N–H and O–H groups in total. The van der Waals surface area contributed by atoms with E-state index in [4.69, 9.17) is 0 Å². The van der Waals surface area contributed by atoms with E-state index < -0.39 is 0 Å². The van der Waals surface area contributed by atoms with E-state index >= 15 is 0 Å². The molecule has 4 nitrogen and oxygen atoms in total. The number of amides is 1. The van der Waals surface area contributed by atoms with Gasteiger partial charge in [-0.1, -0.05) is 26.0 Å². The van der Waals surface area contributed by atoms with Crippen LogP contribution in [0, 0.1) is 11.8 Å². The maximum Gasteiger partial charge on any atom is 0.253 e. The number of rotatable bonds is 3. The van der Waals surface area contributed by atoms with Gasteiger partial charge in [-0.2, -0.15) is 5.10 Å². The molecule has 2 heterocycles. The lowest BCUT2D eigenvalue weighted by Gasteiger charge is -2.35. The lowest BCUT2D eigenvalue weighted by Crippen LogP contribution is -2.42. The van der Waals surface area contributed by atoms with Crippen molar-refractivity contribution in [3.8, 4) is 0 Å². The zero-order valence-electron chi connectivity index (χ0n) is 13.3. The quantitative estimate of drug-likeness (QED) is 0.873. The van der Waals surface area contributed by atoms with Gasteiger partial charge in [0.1, 0.15) is 0 Å². The molecule has 2 aromatic rings. The van der Waals surface area contributed by atoms with Crippen molar-refractivity contribution in [3.63, 3.8) is 0 Å². The molecule has 116 valence electrons. The molecule has 1 saturated heterocycles. The third-order valence-corrected chi connectivity index (χ3v) is 4.23. The fourth-order valence-electron chi connectivity index (χ4n) is 3.40. The molecular weight excluding hydrogens is 274 g/mol. The van der Waals surface area contributed by atoms with Crippen molar-refractivity contribution in [2.75, 3.05) is 13.1 Å². The van der Waals surface area contributed by atoms with Crippen LogP contribution in [0.5, 0.6) is 0 Å². The monoisotopic (exact) mass is 297 g/mol. The van der Waals surface area contributed by atoms with Gasteiger partial charge in [-0.3, -0.25) is 9.48 Å². The molecule has 0 radical (unpaired) electrons. The number of carbonyl (C=O) groups excluding carboxylic acids is 1. The van der Waals surface area contributed by atoms with Gasteiger partial charge in [-0.15, -0.1) is 0 Å². The smallest absolute Gasteiger partial charge is 0.253 e. The van der Waals surface area contributed by atoms with E-state index in [0.29, 0.717) is 18.4 Å². The molecule has 1 aliphatic rings. The van der Waals surface area contributed by atoms with Crippen LogP contribution in [0.25, 0.3) is 0 Å². The molecule has 4 heteroatoms. The van der Waals surface area contributed by atoms with E-state index in [1.54, 1.807) is 6.20 Å². The SMILES string of the molecule is C[C@H]1C[C@H](C)CN(C(=O)c2cccc(Cn3cccn3)c2)C1. The van der Waals surface area contributed by atoms with Crippen LogP contribution in [0.3, 0.4) is 0 Å². The highest BCUT2D eigenvalue weighted by Gasteiger charge is 2.26. The molecule has 0 bridgehead atoms. The minimum Gasteiger partial charge on any atom is -0.338 e. The Morgan fingerprint density at radius 2 is 2.00 bits per heavy atom. The summed E-state index contributed by atoms with van der Waals surface area (Å²) < 4.78 is 1.87. The summed E-state index contributed by atoms with van der Waals surface area (Å²) in [5.41, 5.74) is 1.89. The first-order chi connectivity index (χ1) is 10.6. The zero-order chi connectivity index (χ0) is 15.5. The summed E-state index contributed by atoms with van der Waals surface area (Å²) in [6.07, 6.45) is 4.91. The van der Waals surface area contributed by atoms with Crippen molar-refractivity contribution in [1.82, 2.24) is 14.7 Å². The molecular formula is C18H23N3O. The Balaban J connectivity index is 1.75. The summed E-state index contributed by atoms with van der Waals surface area (Å²) in [6.45, 7) is 6.88. The average molecular weight is 297 g/mol. The maximum absolute atomic E-state index is 12.7. The van der Waals surface area contributed by atoms with Gasteiger partial charge in [-0.25, -0.2) is 0 Å². The third-order valence-electron chi connectivity index (χ3n) is 4.23. The predicted octanol–water partition coefficient (Wildman–Crippen LogP) is 3.05. The predicted molar refractivity (Wildman–Crippen MR) is 86.6 cm³/mol. The average Bonchev–Trinajstić information content (AvgIpc) is 2.98. The van der Waals surface area contributed by atoms with Gasteiger partial charge in [0.15, 0.2) is 0 Å². The van der Waals surface area contributed by atoms with Gasteiger partial charge in [0, 0.05) is 31.0 Å². The number of hydrogen-bond donors (Lipinski definition) is 0. The molecule has 0 spiro atoms. The second-order valence-electron chi connectivity index (χ2n) is 6.56. The van der Waals surface area contributed by atoms with Gasteiger partial charge in [0.25, 0.3) is 5.91 Å². The Morgan fingerprint density at radius 3 is 2.68 bits per heavy atom. The standard InChI is InChI=1S/C18H23N3O/c1-14-9-15(2)12-20(11-14)18(22)17-6-3-5-16(10-17)13-21-8-4-7-19-21/h3-8,10,14-15H,9,11-13H2,1-2H3/t14-,15-/m0/s1. The highest BCUT2D eigenvalue weighted by atomic mass is 16.2. The van der Waals surface area contributed by atoms with Crippen LogP contribution in [-0.2, 0) is 6.54 Å². The van der Waals surface area contributed by atoms with E-state index in [2.05, 4.69) is 18.9 Å². The maximum atomic E-state index is 12.7. The summed E-state index contributed by atoms with van der Waals surface area (Å²) >= 11 is 0. The van der Waals surface area contributed by atoms with Crippen LogP contribution in [0.4, 0.5) is 0 Å². The number of nitrogens with zero attached hydrogens (tertiary/aromatic N) is 3. The molecule has 0 aliphatic carbocycles. The van der Waals surface area contributed by atoms with Crippen LogP contribution in [0.1, 0.15) is 36.2 Å². The number of aromatic nitrogens is 2. The molecule has 1 aromatic carbocycles. The van der Waals surface area contributed by atoms with Gasteiger partial charge in [-0.05, 0) is 42.0 Å². The minimum atomic E-state index is 0.153. The number of piperidine rings is 1. The molecule has 22 heavy (non-hydrogen) atoms. The number of carbonyl (C=O) groups is 1. The first-order valence-electron chi connectivity index (χ1n) is 7.97. The Hall–Kier alpha value is -2.10. The Labute approximate surface area is 131 Å². The number of benzene rings is 1. The summed E-state index contributed by atoms with van der Waals surface area (Å²) in [5, 5.41) is 4.22. The second-order valence-corrected chi connectivity index (χ2v) is 6.56. The van der Waals surface area contributed by atoms with Crippen LogP contribution < -0.4 is 0 Å². The normalized spacial score (nSPS) is 21.8. The number of hydrogen-bond acceptors (Lipinski definition) is 2. The van der Waals surface area contributed by atoms with Gasteiger partial charge in [0.2, 0.25) is 0 Å². The van der Waals surface area contributed by atoms with Gasteiger partial charge in [0.05, 0.1) is 6.54 Å². The molecule has 1 amide bonds. The third kappa shape index (κ3) is 3.38. The van der Waals surface area contributed by atoms with Gasteiger partial charge >= 0.3 is 0 Å². The summed E-state index contributed by atoms with van der Waals surface area (Å²) in [5.74, 6) is 1.32. The molecule has 0 saturated carbocycles. The minimum absolute atomic E-state index is 0.153. The lowest BCUT2D eigenvalue weighted by atomic mass is 9.91. The fraction of sp³-hybridized carbons (Fsp3) is 0.444. The first kappa shape index (κ1) is 14.8. The molecule has 1 fully saturated rings. The molecule has 1 aliphatic heterocycles. The molecule has 2 atom stereocenters. The molecule has 1 aromatic heterocycles. The summed E-state index contributed by atoms with van der Waals surface area (Å²) in [6, 6.07) is 9.82. The Kier molecular flexibility index (Phi) is 4.27. The van der Waals surface area contributed by atoms with E-state index in [-0.39, 0.29) is 5.91 Å². The fourth-order valence-corrected chi connectivity index (χ4v) is 3.40. The zero-order valence-corrected chi connectivity index (χ0v) is 13.3. The second kappa shape index (κ2) is 6.34. The Morgan fingerprint density at radius 1 is 1.23 bits per heavy atom. The van der Waals surface area contributed by atoms with Crippen LogP contribution in [-0.4, -0.2) is 33.7 Å². The van der Waals surface area contributed by atoms with E-state index in [0.717, 1.165) is 24.2 Å². The van der Waals surface area contributed by atoms with Crippen molar-refractivity contribution < 1.29 is 4.79 Å². The summed E-state index contributed by atoms with van der Waals surface area (Å²) in [4.78, 5) is 14.8. The number of likely N-dealkylation sites (tertiary alicyclic amines) is 1. The van der Waals surface area contributed by atoms with E-state index in [1.165, 1.54) is 6.42 Å². The van der Waals surface area contributed by atoms with Crippen molar-refractivity contribution in [1.29, 1.82) is 0 Å². The van der Waals surface area contributed by atoms with E-state index in [1.807, 2.05) is 46.1 Å². The topological polar surface area (TPSA) is 38.1 Å². The van der Waals surface area contributed by atoms with Crippen molar-refractivity contribution >= 4 is 5.91 Å². The van der Waals surface area contributed by atoms with Crippen molar-refractivity contribution in [2.24, 2.45) is 11.8 Å².